The van der Waals surface area contributed by atoms with Crippen molar-refractivity contribution in [2.45, 2.75) is 19.8 Å². The Hall–Kier alpha value is -1.06. The number of nitrogens with zero attached hydrogens (tertiary/aromatic N) is 2. The van der Waals surface area contributed by atoms with E-state index in [0.29, 0.717) is 10.9 Å². The Morgan fingerprint density at radius 3 is 2.40 bits per heavy atom. The molecular formula is C15H17Cl2FN2. The van der Waals surface area contributed by atoms with E-state index >= 15 is 0 Å². The van der Waals surface area contributed by atoms with E-state index in [4.69, 9.17) is 23.2 Å². The molecule has 0 aliphatic carbocycles. The standard InChI is InChI=1S/C15H17Cl2FN2/c1-10-15(17)14(20(2)19-10)8-12(9-16)7-11-3-5-13(18)6-4-11/h3-6,12H,7-9H2,1-2H3. The van der Waals surface area contributed by atoms with E-state index in [0.717, 1.165) is 29.8 Å². The van der Waals surface area contributed by atoms with E-state index < -0.39 is 0 Å². The van der Waals surface area contributed by atoms with Gasteiger partial charge in [-0.25, -0.2) is 4.39 Å². The molecule has 5 heteroatoms. The van der Waals surface area contributed by atoms with E-state index in [9.17, 15) is 4.39 Å². The van der Waals surface area contributed by atoms with Crippen LogP contribution in [0.2, 0.25) is 5.02 Å². The quantitative estimate of drug-likeness (QED) is 0.758. The maximum absolute atomic E-state index is 12.9. The largest absolute Gasteiger partial charge is 0.271 e. The molecule has 1 aromatic carbocycles. The summed E-state index contributed by atoms with van der Waals surface area (Å²) >= 11 is 12.3. The van der Waals surface area contributed by atoms with Gasteiger partial charge in [0.25, 0.3) is 0 Å². The minimum absolute atomic E-state index is 0.221. The second kappa shape index (κ2) is 6.59. The number of rotatable bonds is 5. The van der Waals surface area contributed by atoms with Crippen LogP contribution in [0.1, 0.15) is 17.0 Å². The van der Waals surface area contributed by atoms with Gasteiger partial charge in [0, 0.05) is 12.9 Å². The lowest BCUT2D eigenvalue weighted by Crippen LogP contribution is -2.13. The number of halogens is 3. The molecule has 0 saturated heterocycles. The van der Waals surface area contributed by atoms with E-state index in [2.05, 4.69) is 5.10 Å². The Balaban J connectivity index is 2.11. The highest BCUT2D eigenvalue weighted by atomic mass is 35.5. The molecule has 2 nitrogen and oxygen atoms in total. The number of hydrogen-bond donors (Lipinski definition) is 0. The van der Waals surface area contributed by atoms with Crippen LogP contribution in [0, 0.1) is 18.7 Å². The second-order valence-corrected chi connectivity index (χ2v) is 5.71. The monoisotopic (exact) mass is 314 g/mol. The van der Waals surface area contributed by atoms with Crippen LogP contribution in [0.4, 0.5) is 4.39 Å². The molecule has 1 heterocycles. The number of hydrogen-bond acceptors (Lipinski definition) is 1. The summed E-state index contributed by atoms with van der Waals surface area (Å²) in [5.41, 5.74) is 2.91. The predicted molar refractivity (Wildman–Crippen MR) is 81.0 cm³/mol. The molecule has 0 N–H and O–H groups in total. The summed E-state index contributed by atoms with van der Waals surface area (Å²) in [4.78, 5) is 0. The van der Waals surface area contributed by atoms with Crippen LogP contribution in [-0.4, -0.2) is 15.7 Å². The zero-order chi connectivity index (χ0) is 14.7. The molecule has 0 bridgehead atoms. The topological polar surface area (TPSA) is 17.8 Å². The Labute approximate surface area is 128 Å². The average Bonchev–Trinajstić information content (AvgIpc) is 2.66. The van der Waals surface area contributed by atoms with Crippen molar-refractivity contribution in [3.05, 3.63) is 52.1 Å². The lowest BCUT2D eigenvalue weighted by Gasteiger charge is -2.14. The van der Waals surface area contributed by atoms with Gasteiger partial charge in [-0.15, -0.1) is 11.6 Å². The van der Waals surface area contributed by atoms with Gasteiger partial charge in [0.15, 0.2) is 0 Å². The summed E-state index contributed by atoms with van der Waals surface area (Å²) in [6.45, 7) is 1.89. The summed E-state index contributed by atoms with van der Waals surface area (Å²) in [5, 5.41) is 5.02. The maximum Gasteiger partial charge on any atom is 0.123 e. The molecule has 0 aliphatic heterocycles. The lowest BCUT2D eigenvalue weighted by molar-refractivity contribution is 0.550. The van der Waals surface area contributed by atoms with Crippen molar-refractivity contribution < 1.29 is 4.39 Å². The lowest BCUT2D eigenvalue weighted by atomic mass is 9.96. The first-order valence-electron chi connectivity index (χ1n) is 6.49. The van der Waals surface area contributed by atoms with Crippen LogP contribution in [0.5, 0.6) is 0 Å². The zero-order valence-electron chi connectivity index (χ0n) is 11.5. The molecule has 0 radical (unpaired) electrons. The molecule has 0 fully saturated rings. The summed E-state index contributed by atoms with van der Waals surface area (Å²) in [6.07, 6.45) is 1.56. The van der Waals surface area contributed by atoms with Gasteiger partial charge in [-0.3, -0.25) is 4.68 Å². The van der Waals surface area contributed by atoms with Gasteiger partial charge in [0.05, 0.1) is 16.4 Å². The van der Waals surface area contributed by atoms with Crippen molar-refractivity contribution in [3.63, 3.8) is 0 Å². The molecule has 1 aromatic heterocycles. The Kier molecular flexibility index (Phi) is 5.06. The molecule has 1 atom stereocenters. The third-order valence-electron chi connectivity index (χ3n) is 3.40. The number of aryl methyl sites for hydroxylation is 2. The highest BCUT2D eigenvalue weighted by molar-refractivity contribution is 6.31. The number of benzene rings is 1. The van der Waals surface area contributed by atoms with Crippen molar-refractivity contribution in [2.24, 2.45) is 13.0 Å². The summed E-state index contributed by atoms with van der Waals surface area (Å²) in [7, 11) is 1.89. The Morgan fingerprint density at radius 2 is 1.90 bits per heavy atom. The second-order valence-electron chi connectivity index (χ2n) is 5.02. The summed E-state index contributed by atoms with van der Waals surface area (Å²) in [5.74, 6) is 0.550. The summed E-state index contributed by atoms with van der Waals surface area (Å²) < 4.78 is 14.7. The van der Waals surface area contributed by atoms with Crippen LogP contribution in [-0.2, 0) is 19.9 Å². The third-order valence-corrected chi connectivity index (χ3v) is 4.33. The molecule has 20 heavy (non-hydrogen) atoms. The number of aromatic nitrogens is 2. The van der Waals surface area contributed by atoms with Crippen molar-refractivity contribution in [3.8, 4) is 0 Å². The molecule has 0 saturated carbocycles. The number of alkyl halides is 1. The van der Waals surface area contributed by atoms with Gasteiger partial charge in [0.2, 0.25) is 0 Å². The zero-order valence-corrected chi connectivity index (χ0v) is 13.0. The Bertz CT molecular complexity index is 578. The molecular weight excluding hydrogens is 298 g/mol. The third kappa shape index (κ3) is 3.53. The molecule has 2 aromatic rings. The smallest absolute Gasteiger partial charge is 0.123 e. The van der Waals surface area contributed by atoms with Gasteiger partial charge in [0.1, 0.15) is 5.82 Å². The fraction of sp³-hybridized carbons (Fsp3) is 0.400. The van der Waals surface area contributed by atoms with E-state index in [-0.39, 0.29) is 11.7 Å². The van der Waals surface area contributed by atoms with E-state index in [1.807, 2.05) is 18.7 Å². The van der Waals surface area contributed by atoms with Crippen molar-refractivity contribution >= 4 is 23.2 Å². The van der Waals surface area contributed by atoms with Crippen molar-refractivity contribution in [2.75, 3.05) is 5.88 Å². The fourth-order valence-corrected chi connectivity index (χ4v) is 2.77. The fourth-order valence-electron chi connectivity index (χ4n) is 2.31. The maximum atomic E-state index is 12.9. The van der Waals surface area contributed by atoms with E-state index in [1.165, 1.54) is 12.1 Å². The van der Waals surface area contributed by atoms with Crippen LogP contribution >= 0.6 is 23.2 Å². The van der Waals surface area contributed by atoms with Gasteiger partial charge in [-0.2, -0.15) is 5.10 Å². The first-order chi connectivity index (χ1) is 9.51. The molecule has 108 valence electrons. The highest BCUT2D eigenvalue weighted by Gasteiger charge is 2.17. The SMILES string of the molecule is Cc1nn(C)c(CC(CCl)Cc2ccc(F)cc2)c1Cl. The molecule has 0 spiro atoms. The van der Waals surface area contributed by atoms with Crippen LogP contribution in [0.15, 0.2) is 24.3 Å². The van der Waals surface area contributed by atoms with Crippen LogP contribution in [0.3, 0.4) is 0 Å². The first kappa shape index (κ1) is 15.3. The van der Waals surface area contributed by atoms with Crippen molar-refractivity contribution in [1.82, 2.24) is 9.78 Å². The molecule has 0 amide bonds. The van der Waals surface area contributed by atoms with Crippen LogP contribution in [0.25, 0.3) is 0 Å². The minimum Gasteiger partial charge on any atom is -0.271 e. The van der Waals surface area contributed by atoms with E-state index in [1.54, 1.807) is 12.1 Å². The first-order valence-corrected chi connectivity index (χ1v) is 7.41. The molecule has 0 aliphatic rings. The predicted octanol–water partition coefficient (Wildman–Crippen LogP) is 4.16. The normalized spacial score (nSPS) is 12.7. The van der Waals surface area contributed by atoms with Gasteiger partial charge >= 0.3 is 0 Å². The van der Waals surface area contributed by atoms with Crippen molar-refractivity contribution in [1.29, 1.82) is 0 Å². The van der Waals surface area contributed by atoms with Gasteiger partial charge in [-0.1, -0.05) is 23.7 Å². The molecule has 2 rings (SSSR count). The average molecular weight is 315 g/mol. The van der Waals surface area contributed by atoms with Crippen LogP contribution < -0.4 is 0 Å². The minimum atomic E-state index is -0.221. The summed E-state index contributed by atoms with van der Waals surface area (Å²) in [6, 6.07) is 6.54. The molecule has 1 unspecified atom stereocenters. The Morgan fingerprint density at radius 1 is 1.25 bits per heavy atom. The highest BCUT2D eigenvalue weighted by Crippen LogP contribution is 2.24. The van der Waals surface area contributed by atoms with Gasteiger partial charge in [-0.05, 0) is 43.4 Å². The van der Waals surface area contributed by atoms with Gasteiger partial charge < -0.3 is 0 Å².